The van der Waals surface area contributed by atoms with Crippen molar-refractivity contribution in [2.45, 2.75) is 65.2 Å². The van der Waals surface area contributed by atoms with E-state index in [0.29, 0.717) is 12.3 Å². The Morgan fingerprint density at radius 2 is 1.95 bits per heavy atom. The number of Topliss-reactive ketones (excluding diaryl/α,β-unsaturated/α-hetero) is 2. The molecular weight excluding hydrogens is 236 g/mol. The largest absolute Gasteiger partial charge is 0.299 e. The highest BCUT2D eigenvalue weighted by Gasteiger charge is 2.41. The molecule has 0 aromatic carbocycles. The number of allylic oxidation sites excluding steroid dienone is 2. The molecule has 0 saturated heterocycles. The third-order valence-electron chi connectivity index (χ3n) is 4.82. The van der Waals surface area contributed by atoms with E-state index in [1.54, 1.807) is 0 Å². The molecule has 1 saturated carbocycles. The van der Waals surface area contributed by atoms with E-state index in [-0.39, 0.29) is 23.4 Å². The summed E-state index contributed by atoms with van der Waals surface area (Å²) in [4.78, 5) is 24.4. The minimum atomic E-state index is -0.321. The number of fused-ring (bicyclic) bond motifs is 2. The van der Waals surface area contributed by atoms with Crippen molar-refractivity contribution in [2.75, 3.05) is 0 Å². The van der Waals surface area contributed by atoms with Gasteiger partial charge in [-0.2, -0.15) is 0 Å². The quantitative estimate of drug-likeness (QED) is 0.552. The predicted molar refractivity (Wildman–Crippen MR) is 76.9 cm³/mol. The fourth-order valence-electron chi connectivity index (χ4n) is 3.59. The lowest BCUT2D eigenvalue weighted by molar-refractivity contribution is -0.133. The van der Waals surface area contributed by atoms with Crippen LogP contribution in [0.2, 0.25) is 0 Å². The van der Waals surface area contributed by atoms with Crippen LogP contribution in [-0.2, 0) is 9.59 Å². The van der Waals surface area contributed by atoms with E-state index < -0.39 is 0 Å². The highest BCUT2D eigenvalue weighted by atomic mass is 16.2. The van der Waals surface area contributed by atoms with Gasteiger partial charge in [0.25, 0.3) is 0 Å². The summed E-state index contributed by atoms with van der Waals surface area (Å²) in [6, 6.07) is 0. The Kier molecular flexibility index (Phi) is 4.95. The molecular formula is C17H26O2. The summed E-state index contributed by atoms with van der Waals surface area (Å²) in [5, 5.41) is 0. The lowest BCUT2D eigenvalue weighted by Crippen LogP contribution is -2.36. The Bertz CT molecular complexity index is 381. The Morgan fingerprint density at radius 1 is 1.16 bits per heavy atom. The molecule has 2 bridgehead atoms. The van der Waals surface area contributed by atoms with Gasteiger partial charge in [-0.15, -0.1) is 0 Å². The summed E-state index contributed by atoms with van der Waals surface area (Å²) in [6.45, 7) is 4.32. The second kappa shape index (κ2) is 6.49. The molecule has 0 radical (unpaired) electrons. The van der Waals surface area contributed by atoms with E-state index in [0.717, 1.165) is 24.8 Å². The van der Waals surface area contributed by atoms with Crippen LogP contribution in [0.3, 0.4) is 0 Å². The van der Waals surface area contributed by atoms with Crippen molar-refractivity contribution in [1.82, 2.24) is 0 Å². The highest BCUT2D eigenvalue weighted by molar-refractivity contribution is 6.12. The van der Waals surface area contributed by atoms with E-state index in [9.17, 15) is 9.59 Å². The van der Waals surface area contributed by atoms with Crippen LogP contribution in [0, 0.1) is 17.8 Å². The lowest BCUT2D eigenvalue weighted by atomic mass is 9.70. The standard InChI is InChI=1S/C17H26O2/c1-3-4-5-6-8-13-11-14-9-7-10-15(18)16(12(13)2)17(14)19/h11-13,16H,3-10H2,1-2H3/t12-,13+,16-/m0/s1. The lowest BCUT2D eigenvalue weighted by Gasteiger charge is -2.32. The minimum absolute atomic E-state index is 0.139. The highest BCUT2D eigenvalue weighted by Crippen LogP contribution is 2.39. The normalized spacial score (nSPS) is 31.1. The average molecular weight is 262 g/mol. The maximum absolute atomic E-state index is 12.3. The molecule has 0 amide bonds. The van der Waals surface area contributed by atoms with Gasteiger partial charge in [0.05, 0.1) is 5.92 Å². The predicted octanol–water partition coefficient (Wildman–Crippen LogP) is 4.09. The first-order valence-corrected chi connectivity index (χ1v) is 7.92. The van der Waals surface area contributed by atoms with Crippen molar-refractivity contribution in [3.05, 3.63) is 11.6 Å². The molecule has 1 fully saturated rings. The smallest absolute Gasteiger partial charge is 0.169 e. The van der Waals surface area contributed by atoms with Crippen LogP contribution in [0.1, 0.15) is 65.2 Å². The summed E-state index contributed by atoms with van der Waals surface area (Å²) in [5.41, 5.74) is 0.953. The van der Waals surface area contributed by atoms with Gasteiger partial charge in [0, 0.05) is 6.42 Å². The minimum Gasteiger partial charge on any atom is -0.299 e. The number of rotatable bonds is 5. The molecule has 0 heterocycles. The molecule has 3 atom stereocenters. The van der Waals surface area contributed by atoms with E-state index >= 15 is 0 Å². The molecule has 0 aromatic rings. The Labute approximate surface area is 116 Å². The van der Waals surface area contributed by atoms with Gasteiger partial charge in [-0.05, 0) is 36.7 Å². The topological polar surface area (TPSA) is 34.1 Å². The number of carbonyl (C=O) groups is 2. The summed E-state index contributed by atoms with van der Waals surface area (Å²) >= 11 is 0. The molecule has 0 aliphatic heterocycles. The molecule has 2 aliphatic rings. The average Bonchev–Trinajstić information content (AvgIpc) is 2.47. The summed E-state index contributed by atoms with van der Waals surface area (Å²) < 4.78 is 0. The zero-order chi connectivity index (χ0) is 13.8. The third kappa shape index (κ3) is 3.16. The zero-order valence-corrected chi connectivity index (χ0v) is 12.3. The Morgan fingerprint density at radius 3 is 2.68 bits per heavy atom. The second-order valence-electron chi connectivity index (χ2n) is 6.23. The Balaban J connectivity index is 2.07. The number of ketones is 2. The van der Waals surface area contributed by atoms with Crippen molar-refractivity contribution >= 4 is 11.6 Å². The molecule has 0 unspecified atom stereocenters. The first-order valence-electron chi connectivity index (χ1n) is 7.92. The van der Waals surface area contributed by atoms with Crippen LogP contribution < -0.4 is 0 Å². The molecule has 19 heavy (non-hydrogen) atoms. The van der Waals surface area contributed by atoms with Crippen LogP contribution in [-0.4, -0.2) is 11.6 Å². The van der Waals surface area contributed by atoms with E-state index in [1.165, 1.54) is 25.7 Å². The maximum atomic E-state index is 12.3. The number of hydrogen-bond donors (Lipinski definition) is 0. The zero-order valence-electron chi connectivity index (χ0n) is 12.3. The van der Waals surface area contributed by atoms with Gasteiger partial charge in [-0.25, -0.2) is 0 Å². The van der Waals surface area contributed by atoms with Crippen molar-refractivity contribution in [3.63, 3.8) is 0 Å². The van der Waals surface area contributed by atoms with Crippen molar-refractivity contribution < 1.29 is 9.59 Å². The fourth-order valence-corrected chi connectivity index (χ4v) is 3.59. The summed E-state index contributed by atoms with van der Waals surface area (Å²) in [5.74, 6) is 0.665. The van der Waals surface area contributed by atoms with Gasteiger partial charge in [0.2, 0.25) is 0 Å². The van der Waals surface area contributed by atoms with Crippen LogP contribution >= 0.6 is 0 Å². The first-order chi connectivity index (χ1) is 9.15. The molecule has 0 N–H and O–H groups in total. The van der Waals surface area contributed by atoms with Crippen LogP contribution in [0.25, 0.3) is 0 Å². The van der Waals surface area contributed by atoms with Gasteiger partial charge in [-0.1, -0.05) is 45.6 Å². The van der Waals surface area contributed by atoms with Crippen molar-refractivity contribution in [1.29, 1.82) is 0 Å². The van der Waals surface area contributed by atoms with Crippen LogP contribution in [0.5, 0.6) is 0 Å². The van der Waals surface area contributed by atoms with E-state index in [2.05, 4.69) is 19.9 Å². The van der Waals surface area contributed by atoms with Gasteiger partial charge in [0.15, 0.2) is 5.78 Å². The van der Waals surface area contributed by atoms with Crippen LogP contribution in [0.4, 0.5) is 0 Å². The van der Waals surface area contributed by atoms with Crippen molar-refractivity contribution in [2.24, 2.45) is 17.8 Å². The fraction of sp³-hybridized carbons (Fsp3) is 0.765. The first kappa shape index (κ1) is 14.5. The second-order valence-corrected chi connectivity index (χ2v) is 6.23. The maximum Gasteiger partial charge on any atom is 0.169 e. The number of carbonyl (C=O) groups excluding carboxylic acids is 2. The third-order valence-corrected chi connectivity index (χ3v) is 4.82. The van der Waals surface area contributed by atoms with Crippen molar-refractivity contribution in [3.8, 4) is 0 Å². The monoisotopic (exact) mass is 262 g/mol. The van der Waals surface area contributed by atoms with Gasteiger partial charge >= 0.3 is 0 Å². The SMILES string of the molecule is CCCCCC[C@@H]1C=C2CCCC(=O)[C@@H](C2=O)[C@H]1C. The molecule has 0 spiro atoms. The summed E-state index contributed by atoms with van der Waals surface area (Å²) in [7, 11) is 0. The molecule has 2 rings (SSSR count). The molecule has 0 aromatic heterocycles. The Hall–Kier alpha value is -0.920. The molecule has 2 heteroatoms. The number of unbranched alkanes of at least 4 members (excludes halogenated alkanes) is 3. The molecule has 2 aliphatic carbocycles. The van der Waals surface area contributed by atoms with Gasteiger partial charge in [-0.3, -0.25) is 9.59 Å². The summed E-state index contributed by atoms with van der Waals surface area (Å²) in [6.07, 6.45) is 10.7. The van der Waals surface area contributed by atoms with E-state index in [1.807, 2.05) is 0 Å². The van der Waals surface area contributed by atoms with Crippen LogP contribution in [0.15, 0.2) is 11.6 Å². The molecule has 106 valence electrons. The number of hydrogen-bond acceptors (Lipinski definition) is 2. The van der Waals surface area contributed by atoms with Gasteiger partial charge < -0.3 is 0 Å². The van der Waals surface area contributed by atoms with E-state index in [4.69, 9.17) is 0 Å². The molecule has 2 nitrogen and oxygen atoms in total. The van der Waals surface area contributed by atoms with Gasteiger partial charge in [0.1, 0.15) is 5.78 Å².